The molecule has 158 valence electrons. The molecule has 0 aliphatic carbocycles. The Balaban J connectivity index is 2.54. The molecule has 0 bridgehead atoms. The van der Waals surface area contributed by atoms with Gasteiger partial charge in [-0.2, -0.15) is 0 Å². The third kappa shape index (κ3) is 5.41. The summed E-state index contributed by atoms with van der Waals surface area (Å²) in [5.74, 6) is 0.409. The van der Waals surface area contributed by atoms with Gasteiger partial charge in [0.15, 0.2) is 0 Å². The molecule has 8 heteroatoms. The molecule has 1 N–H and O–H groups in total. The van der Waals surface area contributed by atoms with Crippen LogP contribution in [-0.2, 0) is 14.8 Å². The van der Waals surface area contributed by atoms with E-state index in [0.29, 0.717) is 5.75 Å². The normalized spacial score (nSPS) is 12.2. The fraction of sp³-hybridized carbons (Fsp3) is 0.381. The van der Waals surface area contributed by atoms with E-state index in [4.69, 9.17) is 9.47 Å². The zero-order chi connectivity index (χ0) is 21.6. The number of aryl methyl sites for hydroxylation is 1. The van der Waals surface area contributed by atoms with Gasteiger partial charge in [0, 0.05) is 12.1 Å². The SMILES string of the molecule is CC[C@H](C)NC(=O)CN(c1ccc(OC)cc1OC)S(=O)(=O)c1ccc(C)cc1. The molecule has 0 saturated carbocycles. The van der Waals surface area contributed by atoms with Crippen molar-refractivity contribution in [2.24, 2.45) is 0 Å². The summed E-state index contributed by atoms with van der Waals surface area (Å²) in [4.78, 5) is 12.7. The molecule has 0 aliphatic heterocycles. The highest BCUT2D eigenvalue weighted by molar-refractivity contribution is 7.92. The molecule has 0 radical (unpaired) electrons. The van der Waals surface area contributed by atoms with Crippen LogP contribution in [0.4, 0.5) is 5.69 Å². The maximum absolute atomic E-state index is 13.4. The average Bonchev–Trinajstić information content (AvgIpc) is 2.71. The number of carbonyl (C=O) groups is 1. The smallest absolute Gasteiger partial charge is 0.264 e. The average molecular weight is 421 g/mol. The Hall–Kier alpha value is -2.74. The van der Waals surface area contributed by atoms with E-state index in [1.807, 2.05) is 20.8 Å². The first-order valence-corrected chi connectivity index (χ1v) is 10.8. The summed E-state index contributed by atoms with van der Waals surface area (Å²) in [7, 11) is -1.06. The number of nitrogens with zero attached hydrogens (tertiary/aromatic N) is 1. The van der Waals surface area contributed by atoms with Gasteiger partial charge in [-0.1, -0.05) is 24.6 Å². The van der Waals surface area contributed by atoms with Crippen molar-refractivity contribution in [3.05, 3.63) is 48.0 Å². The van der Waals surface area contributed by atoms with E-state index in [1.54, 1.807) is 30.3 Å². The molecule has 0 saturated heterocycles. The van der Waals surface area contributed by atoms with Gasteiger partial charge in [0.1, 0.15) is 18.0 Å². The minimum Gasteiger partial charge on any atom is -0.497 e. The summed E-state index contributed by atoms with van der Waals surface area (Å²) in [6.07, 6.45) is 0.738. The summed E-state index contributed by atoms with van der Waals surface area (Å²) >= 11 is 0. The lowest BCUT2D eigenvalue weighted by Crippen LogP contribution is -2.43. The van der Waals surface area contributed by atoms with Crippen molar-refractivity contribution in [2.75, 3.05) is 25.1 Å². The van der Waals surface area contributed by atoms with Gasteiger partial charge in [0.25, 0.3) is 10.0 Å². The highest BCUT2D eigenvalue weighted by Crippen LogP contribution is 2.35. The number of nitrogens with one attached hydrogen (secondary N) is 1. The number of benzene rings is 2. The standard InChI is InChI=1S/C21H28N2O5S/c1-6-16(3)22-21(24)14-23(19-12-9-17(27-4)13-20(19)28-5)29(25,26)18-10-7-15(2)8-11-18/h7-13,16H,6,14H2,1-5H3,(H,22,24)/t16-/m0/s1. The Morgan fingerprint density at radius 3 is 2.31 bits per heavy atom. The zero-order valence-corrected chi connectivity index (χ0v) is 18.2. The van der Waals surface area contributed by atoms with Crippen molar-refractivity contribution >= 4 is 21.6 Å². The number of rotatable bonds is 9. The Labute approximate surface area is 172 Å². The molecule has 2 aromatic carbocycles. The van der Waals surface area contributed by atoms with Gasteiger partial charge < -0.3 is 14.8 Å². The lowest BCUT2D eigenvalue weighted by Gasteiger charge is -2.26. The van der Waals surface area contributed by atoms with Gasteiger partial charge in [-0.3, -0.25) is 9.10 Å². The van der Waals surface area contributed by atoms with Crippen molar-refractivity contribution in [2.45, 2.75) is 38.1 Å². The molecule has 0 fully saturated rings. The van der Waals surface area contributed by atoms with Crippen molar-refractivity contribution in [3.8, 4) is 11.5 Å². The van der Waals surface area contributed by atoms with Gasteiger partial charge in [0.2, 0.25) is 5.91 Å². The third-order valence-corrected chi connectivity index (χ3v) is 6.35. The van der Waals surface area contributed by atoms with E-state index < -0.39 is 15.9 Å². The molecule has 2 rings (SSSR count). The first-order chi connectivity index (χ1) is 13.7. The lowest BCUT2D eigenvalue weighted by atomic mass is 10.2. The minimum absolute atomic E-state index is 0.0656. The summed E-state index contributed by atoms with van der Waals surface area (Å²) < 4.78 is 38.5. The largest absolute Gasteiger partial charge is 0.497 e. The Kier molecular flexibility index (Phi) is 7.50. The van der Waals surface area contributed by atoms with E-state index in [9.17, 15) is 13.2 Å². The van der Waals surface area contributed by atoms with E-state index in [-0.39, 0.29) is 28.9 Å². The summed E-state index contributed by atoms with van der Waals surface area (Å²) in [6.45, 7) is 5.31. The van der Waals surface area contributed by atoms with Gasteiger partial charge in [-0.15, -0.1) is 0 Å². The molecular weight excluding hydrogens is 392 g/mol. The van der Waals surface area contributed by atoms with Crippen molar-refractivity contribution in [3.63, 3.8) is 0 Å². The summed E-state index contributed by atoms with van der Waals surface area (Å²) in [5.41, 5.74) is 1.19. The predicted molar refractivity (Wildman–Crippen MR) is 113 cm³/mol. The highest BCUT2D eigenvalue weighted by atomic mass is 32.2. The molecule has 0 aliphatic rings. The molecule has 2 aromatic rings. The minimum atomic E-state index is -4.01. The van der Waals surface area contributed by atoms with Crippen LogP contribution < -0.4 is 19.1 Å². The Morgan fingerprint density at radius 2 is 1.76 bits per heavy atom. The van der Waals surface area contributed by atoms with Gasteiger partial charge >= 0.3 is 0 Å². The van der Waals surface area contributed by atoms with Gasteiger partial charge in [-0.05, 0) is 44.5 Å². The number of ether oxygens (including phenoxy) is 2. The molecule has 0 aromatic heterocycles. The number of carbonyl (C=O) groups excluding carboxylic acids is 1. The fourth-order valence-corrected chi connectivity index (χ4v) is 4.11. The van der Waals surface area contributed by atoms with Crippen molar-refractivity contribution in [1.82, 2.24) is 5.32 Å². The van der Waals surface area contributed by atoms with E-state index >= 15 is 0 Å². The molecule has 1 amide bonds. The van der Waals surface area contributed by atoms with Crippen LogP contribution in [0.1, 0.15) is 25.8 Å². The first-order valence-electron chi connectivity index (χ1n) is 9.33. The maximum atomic E-state index is 13.4. The number of hydrogen-bond donors (Lipinski definition) is 1. The maximum Gasteiger partial charge on any atom is 0.264 e. The van der Waals surface area contributed by atoms with Gasteiger partial charge in [0.05, 0.1) is 24.8 Å². The van der Waals surface area contributed by atoms with Crippen LogP contribution >= 0.6 is 0 Å². The van der Waals surface area contributed by atoms with Crippen LogP contribution in [-0.4, -0.2) is 41.1 Å². The second kappa shape index (κ2) is 9.65. The van der Waals surface area contributed by atoms with Crippen LogP contribution in [0.2, 0.25) is 0 Å². The molecule has 29 heavy (non-hydrogen) atoms. The monoisotopic (exact) mass is 420 g/mol. The number of methoxy groups -OCH3 is 2. The number of hydrogen-bond acceptors (Lipinski definition) is 5. The quantitative estimate of drug-likeness (QED) is 0.674. The fourth-order valence-electron chi connectivity index (χ4n) is 2.68. The zero-order valence-electron chi connectivity index (χ0n) is 17.4. The Morgan fingerprint density at radius 1 is 1.10 bits per heavy atom. The van der Waals surface area contributed by atoms with Crippen LogP contribution in [0.3, 0.4) is 0 Å². The molecule has 0 heterocycles. The van der Waals surface area contributed by atoms with E-state index in [2.05, 4.69) is 5.32 Å². The summed E-state index contributed by atoms with van der Waals surface area (Å²) in [6, 6.07) is 11.2. The highest BCUT2D eigenvalue weighted by Gasteiger charge is 2.30. The summed E-state index contributed by atoms with van der Waals surface area (Å²) in [5, 5.41) is 2.81. The number of sulfonamides is 1. The van der Waals surface area contributed by atoms with E-state index in [1.165, 1.54) is 26.4 Å². The second-order valence-corrected chi connectivity index (χ2v) is 8.60. The van der Waals surface area contributed by atoms with Gasteiger partial charge in [-0.25, -0.2) is 8.42 Å². The Bertz CT molecular complexity index is 942. The molecule has 7 nitrogen and oxygen atoms in total. The van der Waals surface area contributed by atoms with Crippen LogP contribution in [0.5, 0.6) is 11.5 Å². The number of anilines is 1. The first kappa shape index (κ1) is 22.5. The molecule has 0 spiro atoms. The topological polar surface area (TPSA) is 84.9 Å². The lowest BCUT2D eigenvalue weighted by molar-refractivity contribution is -0.120. The van der Waals surface area contributed by atoms with E-state index in [0.717, 1.165) is 16.3 Å². The van der Waals surface area contributed by atoms with Crippen molar-refractivity contribution < 1.29 is 22.7 Å². The van der Waals surface area contributed by atoms with Crippen molar-refractivity contribution in [1.29, 1.82) is 0 Å². The third-order valence-electron chi connectivity index (χ3n) is 4.57. The molecule has 1 atom stereocenters. The molecular formula is C21H28N2O5S. The van der Waals surface area contributed by atoms with Crippen LogP contribution in [0, 0.1) is 6.92 Å². The van der Waals surface area contributed by atoms with Crippen LogP contribution in [0.25, 0.3) is 0 Å². The number of amides is 1. The second-order valence-electron chi connectivity index (χ2n) is 6.74. The molecule has 0 unspecified atom stereocenters. The van der Waals surface area contributed by atoms with Crippen LogP contribution in [0.15, 0.2) is 47.4 Å². The predicted octanol–water partition coefficient (Wildman–Crippen LogP) is 3.12.